The molecule has 0 aliphatic heterocycles. The molecule has 0 saturated heterocycles. The van der Waals surface area contributed by atoms with Gasteiger partial charge in [-0.25, -0.2) is 8.42 Å². The van der Waals surface area contributed by atoms with E-state index in [1.54, 1.807) is 37.3 Å². The third kappa shape index (κ3) is 2.78. The van der Waals surface area contributed by atoms with E-state index in [2.05, 4.69) is 0 Å². The Morgan fingerprint density at radius 3 is 2.27 bits per heavy atom. The zero-order valence-electron chi connectivity index (χ0n) is 12.1. The molecule has 0 radical (unpaired) electrons. The number of benzene rings is 2. The van der Waals surface area contributed by atoms with Crippen molar-refractivity contribution in [2.75, 3.05) is 11.4 Å². The van der Waals surface area contributed by atoms with Crippen molar-refractivity contribution in [1.82, 2.24) is 0 Å². The highest BCUT2D eigenvalue weighted by Gasteiger charge is 2.23. The Bertz CT molecular complexity index is 906. The van der Waals surface area contributed by atoms with Gasteiger partial charge in [-0.15, -0.1) is 0 Å². The predicted octanol–water partition coefficient (Wildman–Crippen LogP) is 2.56. The van der Waals surface area contributed by atoms with E-state index in [0.717, 1.165) is 4.31 Å². The standard InChI is InChI=1S/C16H13N3O2S/c1-12-6-7-14(11-18)9-16(12)22(20,21)19(2)15-5-3-4-13(8-15)10-17/h3-9H,1-2H3. The lowest BCUT2D eigenvalue weighted by Crippen LogP contribution is -2.27. The molecule has 2 rings (SSSR count). The Kier molecular flexibility index (Phi) is 4.16. The Hall–Kier alpha value is -2.83. The Morgan fingerprint density at radius 1 is 1.00 bits per heavy atom. The average Bonchev–Trinajstić information content (AvgIpc) is 2.54. The van der Waals surface area contributed by atoms with Crippen LogP contribution in [-0.4, -0.2) is 15.5 Å². The van der Waals surface area contributed by atoms with Gasteiger partial charge in [0, 0.05) is 7.05 Å². The van der Waals surface area contributed by atoms with Crippen LogP contribution in [0, 0.1) is 29.6 Å². The largest absolute Gasteiger partial charge is 0.269 e. The fourth-order valence-corrected chi connectivity index (χ4v) is 3.44. The van der Waals surface area contributed by atoms with E-state index < -0.39 is 10.0 Å². The second-order valence-electron chi connectivity index (χ2n) is 4.73. The maximum atomic E-state index is 12.8. The first kappa shape index (κ1) is 15.6. The van der Waals surface area contributed by atoms with Crippen molar-refractivity contribution >= 4 is 15.7 Å². The van der Waals surface area contributed by atoms with Crippen LogP contribution < -0.4 is 4.31 Å². The summed E-state index contributed by atoms with van der Waals surface area (Å²) in [5, 5.41) is 17.9. The van der Waals surface area contributed by atoms with Crippen molar-refractivity contribution in [3.63, 3.8) is 0 Å². The van der Waals surface area contributed by atoms with Gasteiger partial charge in [0.25, 0.3) is 10.0 Å². The Balaban J connectivity index is 2.55. The lowest BCUT2D eigenvalue weighted by molar-refractivity contribution is 0.593. The summed E-state index contributed by atoms with van der Waals surface area (Å²) in [4.78, 5) is 0.0800. The molecule has 2 aromatic rings. The minimum Gasteiger partial charge on any atom is -0.269 e. The molecule has 0 atom stereocenters. The lowest BCUT2D eigenvalue weighted by atomic mass is 10.2. The van der Waals surface area contributed by atoms with Crippen LogP contribution in [-0.2, 0) is 10.0 Å². The summed E-state index contributed by atoms with van der Waals surface area (Å²) in [7, 11) is -2.39. The van der Waals surface area contributed by atoms with Gasteiger partial charge >= 0.3 is 0 Å². The highest BCUT2D eigenvalue weighted by molar-refractivity contribution is 7.92. The molecule has 5 nitrogen and oxygen atoms in total. The van der Waals surface area contributed by atoms with Crippen molar-refractivity contribution in [3.05, 3.63) is 59.2 Å². The number of hydrogen-bond donors (Lipinski definition) is 0. The molecule has 0 saturated carbocycles. The van der Waals surface area contributed by atoms with Crippen molar-refractivity contribution in [2.45, 2.75) is 11.8 Å². The molecule has 2 aromatic carbocycles. The third-order valence-electron chi connectivity index (χ3n) is 3.29. The summed E-state index contributed by atoms with van der Waals surface area (Å²) in [5.41, 5.74) is 1.61. The summed E-state index contributed by atoms with van der Waals surface area (Å²) >= 11 is 0. The molecule has 0 unspecified atom stereocenters. The van der Waals surface area contributed by atoms with Gasteiger partial charge < -0.3 is 0 Å². The number of sulfonamides is 1. The minimum atomic E-state index is -3.81. The normalized spacial score (nSPS) is 10.5. The van der Waals surface area contributed by atoms with Gasteiger partial charge in [-0.2, -0.15) is 10.5 Å². The van der Waals surface area contributed by atoms with Crippen LogP contribution in [0.5, 0.6) is 0 Å². The van der Waals surface area contributed by atoms with Crippen molar-refractivity contribution < 1.29 is 8.42 Å². The fraction of sp³-hybridized carbons (Fsp3) is 0.125. The van der Waals surface area contributed by atoms with E-state index in [-0.39, 0.29) is 10.5 Å². The number of anilines is 1. The van der Waals surface area contributed by atoms with Crippen LogP contribution in [0.2, 0.25) is 0 Å². The first-order valence-corrected chi connectivity index (χ1v) is 7.84. The maximum Gasteiger partial charge on any atom is 0.264 e. The summed E-state index contributed by atoms with van der Waals surface area (Å²) in [6, 6.07) is 14.8. The number of nitriles is 2. The molecule has 0 spiro atoms. The Labute approximate surface area is 129 Å². The molecule has 110 valence electrons. The number of nitrogens with zero attached hydrogens (tertiary/aromatic N) is 3. The molecular weight excluding hydrogens is 298 g/mol. The molecule has 0 fully saturated rings. The highest BCUT2D eigenvalue weighted by Crippen LogP contribution is 2.25. The zero-order valence-corrected chi connectivity index (χ0v) is 12.9. The van der Waals surface area contributed by atoms with E-state index in [0.29, 0.717) is 16.8 Å². The van der Waals surface area contributed by atoms with E-state index in [1.807, 2.05) is 12.1 Å². The maximum absolute atomic E-state index is 12.8. The van der Waals surface area contributed by atoms with Crippen LogP contribution in [0.3, 0.4) is 0 Å². The van der Waals surface area contributed by atoms with E-state index in [4.69, 9.17) is 10.5 Å². The van der Waals surface area contributed by atoms with Crippen molar-refractivity contribution in [1.29, 1.82) is 10.5 Å². The molecule has 0 bridgehead atoms. The smallest absolute Gasteiger partial charge is 0.264 e. The quantitative estimate of drug-likeness (QED) is 0.872. The topological polar surface area (TPSA) is 85.0 Å². The summed E-state index contributed by atoms with van der Waals surface area (Å²) in [6.07, 6.45) is 0. The van der Waals surface area contributed by atoms with Gasteiger partial charge in [0.1, 0.15) is 0 Å². The van der Waals surface area contributed by atoms with Crippen LogP contribution in [0.4, 0.5) is 5.69 Å². The van der Waals surface area contributed by atoms with Crippen LogP contribution in [0.15, 0.2) is 47.4 Å². The molecule has 0 amide bonds. The molecule has 22 heavy (non-hydrogen) atoms. The van der Waals surface area contributed by atoms with Gasteiger partial charge in [0.15, 0.2) is 0 Å². The second-order valence-corrected chi connectivity index (χ2v) is 6.66. The van der Waals surface area contributed by atoms with E-state index in [9.17, 15) is 8.42 Å². The number of aryl methyl sites for hydroxylation is 1. The summed E-state index contributed by atoms with van der Waals surface area (Å²) < 4.78 is 26.6. The zero-order chi connectivity index (χ0) is 16.3. The average molecular weight is 311 g/mol. The molecule has 6 heteroatoms. The molecule has 0 aliphatic rings. The summed E-state index contributed by atoms with van der Waals surface area (Å²) in [6.45, 7) is 1.67. The van der Waals surface area contributed by atoms with Crippen molar-refractivity contribution in [3.8, 4) is 12.1 Å². The first-order valence-electron chi connectivity index (χ1n) is 6.40. The van der Waals surface area contributed by atoms with Crippen LogP contribution in [0.1, 0.15) is 16.7 Å². The molecule has 0 aromatic heterocycles. The Morgan fingerprint density at radius 2 is 1.64 bits per heavy atom. The highest BCUT2D eigenvalue weighted by atomic mass is 32.2. The van der Waals surface area contributed by atoms with Crippen LogP contribution in [0.25, 0.3) is 0 Å². The van der Waals surface area contributed by atoms with Crippen LogP contribution >= 0.6 is 0 Å². The van der Waals surface area contributed by atoms with Crippen molar-refractivity contribution in [2.24, 2.45) is 0 Å². The van der Waals surface area contributed by atoms with Gasteiger partial charge in [-0.3, -0.25) is 4.31 Å². The molecule has 0 aliphatic carbocycles. The molecular formula is C16H13N3O2S. The van der Waals surface area contributed by atoms with Gasteiger partial charge in [0.05, 0.1) is 33.8 Å². The first-order chi connectivity index (χ1) is 10.4. The van der Waals surface area contributed by atoms with Gasteiger partial charge in [0.2, 0.25) is 0 Å². The number of hydrogen-bond acceptors (Lipinski definition) is 4. The number of rotatable bonds is 3. The van der Waals surface area contributed by atoms with Gasteiger partial charge in [-0.05, 0) is 42.8 Å². The van der Waals surface area contributed by atoms with E-state index >= 15 is 0 Å². The lowest BCUT2D eigenvalue weighted by Gasteiger charge is -2.21. The molecule has 0 heterocycles. The minimum absolute atomic E-state index is 0.0800. The summed E-state index contributed by atoms with van der Waals surface area (Å²) in [5.74, 6) is 0. The fourth-order valence-electron chi connectivity index (χ4n) is 2.01. The van der Waals surface area contributed by atoms with Gasteiger partial charge in [-0.1, -0.05) is 12.1 Å². The third-order valence-corrected chi connectivity index (χ3v) is 5.22. The SMILES string of the molecule is Cc1ccc(C#N)cc1S(=O)(=O)N(C)c1cccc(C#N)c1. The second kappa shape index (κ2) is 5.88. The predicted molar refractivity (Wildman–Crippen MR) is 82.6 cm³/mol. The van der Waals surface area contributed by atoms with E-state index in [1.165, 1.54) is 19.2 Å². The molecule has 0 N–H and O–H groups in total. The monoisotopic (exact) mass is 311 g/mol.